The van der Waals surface area contributed by atoms with Gasteiger partial charge in [-0.15, -0.1) is 23.7 Å². The van der Waals surface area contributed by atoms with E-state index in [0.29, 0.717) is 6.10 Å². The van der Waals surface area contributed by atoms with Crippen molar-refractivity contribution < 1.29 is 4.74 Å². The van der Waals surface area contributed by atoms with Crippen LogP contribution in [0, 0.1) is 0 Å². The Morgan fingerprint density at radius 3 is 3.00 bits per heavy atom. The molecule has 0 aromatic carbocycles. The Bertz CT molecular complexity index is 213. The number of ether oxygens (including phenoxy) is 1. The Morgan fingerprint density at radius 1 is 1.67 bits per heavy atom. The second-order valence-electron chi connectivity index (χ2n) is 2.56. The van der Waals surface area contributed by atoms with E-state index in [1.807, 2.05) is 11.7 Å². The number of rotatable bonds is 3. The van der Waals surface area contributed by atoms with Crippen molar-refractivity contribution in [1.82, 2.24) is 10.3 Å². The lowest BCUT2D eigenvalue weighted by molar-refractivity contribution is 0.00881. The number of hydrogen-bond donors (Lipinski definition) is 1. The minimum Gasteiger partial charge on any atom is -0.370 e. The zero-order valence-electron chi connectivity index (χ0n) is 6.53. The Morgan fingerprint density at radius 2 is 2.50 bits per heavy atom. The number of thiazole rings is 1. The summed E-state index contributed by atoms with van der Waals surface area (Å²) < 4.78 is 5.53. The van der Waals surface area contributed by atoms with Gasteiger partial charge in [0.15, 0.2) is 0 Å². The predicted octanol–water partition coefficient (Wildman–Crippen LogP) is 1.05. The highest BCUT2D eigenvalue weighted by molar-refractivity contribution is 7.09. The first-order valence-electron chi connectivity index (χ1n) is 3.65. The summed E-state index contributed by atoms with van der Waals surface area (Å²) in [5.41, 5.74) is 1.83. The fraction of sp³-hybridized carbons (Fsp3) is 0.571. The van der Waals surface area contributed by atoms with Crippen LogP contribution in [0.4, 0.5) is 0 Å². The van der Waals surface area contributed by atoms with Crippen molar-refractivity contribution in [3.8, 4) is 0 Å². The lowest BCUT2D eigenvalue weighted by Crippen LogP contribution is -2.48. The number of nitrogens with zero attached hydrogens (tertiary/aromatic N) is 1. The van der Waals surface area contributed by atoms with Gasteiger partial charge >= 0.3 is 0 Å². The average molecular weight is 207 g/mol. The molecule has 1 aromatic heterocycles. The van der Waals surface area contributed by atoms with Crippen LogP contribution in [-0.2, 0) is 11.3 Å². The first-order chi connectivity index (χ1) is 5.45. The van der Waals surface area contributed by atoms with E-state index in [1.54, 1.807) is 11.3 Å². The van der Waals surface area contributed by atoms with Crippen molar-refractivity contribution in [3.63, 3.8) is 0 Å². The van der Waals surface area contributed by atoms with Crippen LogP contribution < -0.4 is 5.32 Å². The van der Waals surface area contributed by atoms with E-state index in [1.165, 1.54) is 4.88 Å². The van der Waals surface area contributed by atoms with Gasteiger partial charge < -0.3 is 10.1 Å². The lowest BCUT2D eigenvalue weighted by atomic mass is 10.2. The van der Waals surface area contributed by atoms with E-state index in [-0.39, 0.29) is 12.4 Å². The molecule has 0 radical (unpaired) electrons. The maximum absolute atomic E-state index is 5.53. The van der Waals surface area contributed by atoms with Crippen molar-refractivity contribution in [3.05, 3.63) is 16.6 Å². The Labute approximate surface area is 81.6 Å². The van der Waals surface area contributed by atoms with E-state index in [2.05, 4.69) is 10.3 Å². The quantitative estimate of drug-likeness (QED) is 0.803. The molecule has 2 rings (SSSR count). The maximum Gasteiger partial charge on any atom is 0.0830 e. The summed E-state index contributed by atoms with van der Waals surface area (Å²) in [7, 11) is 0. The van der Waals surface area contributed by atoms with Gasteiger partial charge in [0.05, 0.1) is 23.1 Å². The van der Waals surface area contributed by atoms with Crippen LogP contribution in [0.2, 0.25) is 0 Å². The summed E-state index contributed by atoms with van der Waals surface area (Å²) in [6, 6.07) is 0. The molecular formula is C7H11ClN2OS. The van der Waals surface area contributed by atoms with Gasteiger partial charge in [0.1, 0.15) is 0 Å². The number of halogens is 1. The summed E-state index contributed by atoms with van der Waals surface area (Å²) >= 11 is 1.64. The monoisotopic (exact) mass is 206 g/mol. The van der Waals surface area contributed by atoms with Gasteiger partial charge in [0.25, 0.3) is 0 Å². The van der Waals surface area contributed by atoms with Crippen molar-refractivity contribution in [1.29, 1.82) is 0 Å². The van der Waals surface area contributed by atoms with Gasteiger partial charge in [0.2, 0.25) is 0 Å². The molecule has 1 aromatic rings. The minimum atomic E-state index is 0. The highest BCUT2D eigenvalue weighted by Crippen LogP contribution is 2.09. The zero-order chi connectivity index (χ0) is 7.52. The minimum absolute atomic E-state index is 0. The Hall–Kier alpha value is -0.160. The first kappa shape index (κ1) is 9.92. The molecule has 0 bridgehead atoms. The molecule has 3 nitrogen and oxygen atoms in total. The van der Waals surface area contributed by atoms with Crippen LogP contribution in [0.15, 0.2) is 11.7 Å². The summed E-state index contributed by atoms with van der Waals surface area (Å²) in [6.07, 6.45) is 2.29. The standard InChI is InChI=1S/C7H10N2OS.ClH/c1-6(2-8-1)10-4-7-3-9-5-11-7;/h3,5-6,8H,1-2,4H2;1H. The molecule has 1 fully saturated rings. The molecule has 0 amide bonds. The normalized spacial score (nSPS) is 16.7. The van der Waals surface area contributed by atoms with Gasteiger partial charge in [-0.2, -0.15) is 0 Å². The molecule has 0 spiro atoms. The van der Waals surface area contributed by atoms with Gasteiger partial charge in [-0.05, 0) is 0 Å². The molecule has 1 aliphatic heterocycles. The fourth-order valence-corrected chi connectivity index (χ4v) is 1.41. The molecule has 68 valence electrons. The van der Waals surface area contributed by atoms with Gasteiger partial charge in [0, 0.05) is 19.3 Å². The third-order valence-corrected chi connectivity index (χ3v) is 2.44. The third-order valence-electron chi connectivity index (χ3n) is 1.69. The van der Waals surface area contributed by atoms with Crippen LogP contribution >= 0.6 is 23.7 Å². The van der Waals surface area contributed by atoms with Crippen molar-refractivity contribution in [2.45, 2.75) is 12.7 Å². The van der Waals surface area contributed by atoms with E-state index in [0.717, 1.165) is 19.7 Å². The van der Waals surface area contributed by atoms with Crippen molar-refractivity contribution >= 4 is 23.7 Å². The smallest absolute Gasteiger partial charge is 0.0830 e. The second kappa shape index (κ2) is 4.77. The van der Waals surface area contributed by atoms with Crippen LogP contribution in [-0.4, -0.2) is 24.2 Å². The first-order valence-corrected chi connectivity index (χ1v) is 4.53. The third kappa shape index (κ3) is 2.42. The molecule has 0 aliphatic carbocycles. The summed E-state index contributed by atoms with van der Waals surface area (Å²) in [5.74, 6) is 0. The molecule has 0 unspecified atom stereocenters. The number of nitrogens with one attached hydrogen (secondary N) is 1. The lowest BCUT2D eigenvalue weighted by Gasteiger charge is -2.26. The number of hydrogen-bond acceptors (Lipinski definition) is 4. The van der Waals surface area contributed by atoms with Crippen LogP contribution in [0.3, 0.4) is 0 Å². The number of aromatic nitrogens is 1. The van der Waals surface area contributed by atoms with Gasteiger partial charge in [-0.1, -0.05) is 0 Å². The Kier molecular flexibility index (Phi) is 3.94. The molecule has 1 aliphatic rings. The average Bonchev–Trinajstić information content (AvgIpc) is 2.36. The topological polar surface area (TPSA) is 34.1 Å². The molecular weight excluding hydrogens is 196 g/mol. The molecule has 0 atom stereocenters. The van der Waals surface area contributed by atoms with Crippen LogP contribution in [0.25, 0.3) is 0 Å². The molecule has 5 heteroatoms. The van der Waals surface area contributed by atoms with Crippen LogP contribution in [0.5, 0.6) is 0 Å². The molecule has 2 heterocycles. The van der Waals surface area contributed by atoms with Crippen molar-refractivity contribution in [2.75, 3.05) is 13.1 Å². The molecule has 1 saturated heterocycles. The highest BCUT2D eigenvalue weighted by atomic mass is 35.5. The maximum atomic E-state index is 5.53. The summed E-state index contributed by atoms with van der Waals surface area (Å²) in [6.45, 7) is 2.72. The van der Waals surface area contributed by atoms with Crippen LogP contribution in [0.1, 0.15) is 4.88 Å². The van der Waals surface area contributed by atoms with E-state index in [4.69, 9.17) is 4.74 Å². The highest BCUT2D eigenvalue weighted by Gasteiger charge is 2.16. The predicted molar refractivity (Wildman–Crippen MR) is 50.8 cm³/mol. The van der Waals surface area contributed by atoms with Gasteiger partial charge in [-0.3, -0.25) is 4.98 Å². The second-order valence-corrected chi connectivity index (χ2v) is 3.53. The molecule has 1 N–H and O–H groups in total. The van der Waals surface area contributed by atoms with Gasteiger partial charge in [-0.25, -0.2) is 0 Å². The van der Waals surface area contributed by atoms with E-state index >= 15 is 0 Å². The SMILES string of the molecule is Cl.c1ncc(COC2CNC2)s1. The molecule has 12 heavy (non-hydrogen) atoms. The zero-order valence-corrected chi connectivity index (χ0v) is 8.16. The largest absolute Gasteiger partial charge is 0.370 e. The van der Waals surface area contributed by atoms with E-state index < -0.39 is 0 Å². The van der Waals surface area contributed by atoms with Crippen molar-refractivity contribution in [2.24, 2.45) is 0 Å². The summed E-state index contributed by atoms with van der Waals surface area (Å²) in [4.78, 5) is 5.17. The molecule has 0 saturated carbocycles. The fourth-order valence-electron chi connectivity index (χ4n) is 0.893. The Balaban J connectivity index is 0.000000720. The van der Waals surface area contributed by atoms with E-state index in [9.17, 15) is 0 Å². The summed E-state index contributed by atoms with van der Waals surface area (Å²) in [5, 5.41) is 3.15.